The number of para-hydroxylation sites is 1. The largest absolute Gasteiger partial charge is 0.508 e. The summed E-state index contributed by atoms with van der Waals surface area (Å²) in [6.07, 6.45) is 2.47. The number of phenols is 1. The first-order chi connectivity index (χ1) is 12.5. The Kier molecular flexibility index (Phi) is 8.00. The zero-order valence-corrected chi connectivity index (χ0v) is 16.8. The molecule has 0 radical (unpaired) electrons. The quantitative estimate of drug-likeness (QED) is 0.592. The van der Waals surface area contributed by atoms with Crippen LogP contribution in [0.3, 0.4) is 0 Å². The van der Waals surface area contributed by atoms with Crippen molar-refractivity contribution in [1.82, 2.24) is 10.6 Å². The van der Waals surface area contributed by atoms with Crippen molar-refractivity contribution in [3.63, 3.8) is 0 Å². The molecule has 0 bridgehead atoms. The van der Waals surface area contributed by atoms with E-state index in [0.29, 0.717) is 22.0 Å². The monoisotopic (exact) mass is 436 g/mol. The molecule has 2 amide bonds. The normalized spacial score (nSPS) is 11.6. The topological polar surface area (TPSA) is 78.4 Å². The molecule has 26 heavy (non-hydrogen) atoms. The number of thioether (sulfide) groups is 1. The highest BCUT2D eigenvalue weighted by Crippen LogP contribution is 2.17. The third-order valence-corrected chi connectivity index (χ3v) is 5.13. The lowest BCUT2D eigenvalue weighted by Crippen LogP contribution is -2.47. The Morgan fingerprint density at radius 3 is 2.54 bits per heavy atom. The number of aromatic hydroxyl groups is 1. The Bertz CT molecular complexity index is 770. The van der Waals surface area contributed by atoms with Crippen LogP contribution in [-0.4, -0.2) is 35.0 Å². The lowest BCUT2D eigenvalue weighted by molar-refractivity contribution is -0.123. The number of rotatable bonds is 8. The standard InChI is InChI=1S/C19H21BrN2O3S/c1-26-11-10-16(22-18(24)14-7-3-4-8-15(14)20)19(25)21-12-13-6-2-5-9-17(13)23/h2-9,16,23H,10-12H2,1H3,(H,21,25)(H,22,24). The molecule has 2 rings (SSSR count). The van der Waals surface area contributed by atoms with Gasteiger partial charge in [-0.2, -0.15) is 11.8 Å². The average molecular weight is 437 g/mol. The number of hydrogen-bond donors (Lipinski definition) is 3. The van der Waals surface area contributed by atoms with Crippen LogP contribution in [0.25, 0.3) is 0 Å². The van der Waals surface area contributed by atoms with E-state index in [2.05, 4.69) is 26.6 Å². The molecule has 0 fully saturated rings. The number of carbonyl (C=O) groups excluding carboxylic acids is 2. The Morgan fingerprint density at radius 1 is 1.15 bits per heavy atom. The van der Waals surface area contributed by atoms with Crippen LogP contribution in [0, 0.1) is 0 Å². The molecule has 138 valence electrons. The third-order valence-electron chi connectivity index (χ3n) is 3.80. The lowest BCUT2D eigenvalue weighted by Gasteiger charge is -2.19. The molecular formula is C19H21BrN2O3S. The highest BCUT2D eigenvalue weighted by atomic mass is 79.9. The van der Waals surface area contributed by atoms with E-state index in [-0.39, 0.29) is 24.1 Å². The van der Waals surface area contributed by atoms with Gasteiger partial charge in [0.15, 0.2) is 0 Å². The summed E-state index contributed by atoms with van der Waals surface area (Å²) in [5.74, 6) is 0.292. The van der Waals surface area contributed by atoms with Crippen molar-refractivity contribution < 1.29 is 14.7 Å². The summed E-state index contributed by atoms with van der Waals surface area (Å²) in [5.41, 5.74) is 1.11. The maximum atomic E-state index is 12.6. The molecule has 5 nitrogen and oxygen atoms in total. The number of amides is 2. The van der Waals surface area contributed by atoms with Gasteiger partial charge in [0.2, 0.25) is 5.91 Å². The molecule has 0 aliphatic heterocycles. The number of hydrogen-bond acceptors (Lipinski definition) is 4. The number of nitrogens with one attached hydrogen (secondary N) is 2. The van der Waals surface area contributed by atoms with Gasteiger partial charge in [0.25, 0.3) is 5.91 Å². The summed E-state index contributed by atoms with van der Waals surface area (Å²) in [4.78, 5) is 25.1. The van der Waals surface area contributed by atoms with E-state index in [0.717, 1.165) is 5.75 Å². The van der Waals surface area contributed by atoms with Crippen LogP contribution in [0.4, 0.5) is 0 Å². The first-order valence-electron chi connectivity index (χ1n) is 8.12. The minimum Gasteiger partial charge on any atom is -0.508 e. The van der Waals surface area contributed by atoms with Crippen LogP contribution in [0.15, 0.2) is 53.0 Å². The summed E-state index contributed by atoms with van der Waals surface area (Å²) >= 11 is 4.96. The number of carbonyl (C=O) groups is 2. The molecule has 2 aromatic carbocycles. The lowest BCUT2D eigenvalue weighted by atomic mass is 10.1. The first-order valence-corrected chi connectivity index (χ1v) is 10.3. The van der Waals surface area contributed by atoms with Crippen molar-refractivity contribution in [3.05, 3.63) is 64.1 Å². The molecule has 1 unspecified atom stereocenters. The van der Waals surface area contributed by atoms with Crippen LogP contribution in [-0.2, 0) is 11.3 Å². The van der Waals surface area contributed by atoms with E-state index in [9.17, 15) is 14.7 Å². The van der Waals surface area contributed by atoms with Crippen molar-refractivity contribution in [2.45, 2.75) is 19.0 Å². The van der Waals surface area contributed by atoms with Gasteiger partial charge in [0, 0.05) is 16.6 Å². The van der Waals surface area contributed by atoms with Crippen molar-refractivity contribution in [1.29, 1.82) is 0 Å². The van der Waals surface area contributed by atoms with Gasteiger partial charge in [-0.05, 0) is 52.6 Å². The molecule has 0 heterocycles. The van der Waals surface area contributed by atoms with E-state index in [1.54, 1.807) is 54.2 Å². The first kappa shape index (κ1) is 20.3. The van der Waals surface area contributed by atoms with Gasteiger partial charge in [-0.3, -0.25) is 9.59 Å². The number of benzene rings is 2. The fraction of sp³-hybridized carbons (Fsp3) is 0.263. The van der Waals surface area contributed by atoms with Gasteiger partial charge in [0.05, 0.1) is 5.56 Å². The molecule has 7 heteroatoms. The fourth-order valence-electron chi connectivity index (χ4n) is 2.35. The highest BCUT2D eigenvalue weighted by molar-refractivity contribution is 9.10. The van der Waals surface area contributed by atoms with Crippen LogP contribution in [0.1, 0.15) is 22.3 Å². The van der Waals surface area contributed by atoms with Crippen LogP contribution < -0.4 is 10.6 Å². The van der Waals surface area contributed by atoms with E-state index in [4.69, 9.17) is 0 Å². The Balaban J connectivity index is 2.03. The molecule has 3 N–H and O–H groups in total. The van der Waals surface area contributed by atoms with Gasteiger partial charge in [-0.15, -0.1) is 0 Å². The van der Waals surface area contributed by atoms with E-state index in [1.807, 2.05) is 12.3 Å². The van der Waals surface area contributed by atoms with E-state index >= 15 is 0 Å². The minimum absolute atomic E-state index is 0.130. The maximum absolute atomic E-state index is 12.6. The van der Waals surface area contributed by atoms with Crippen molar-refractivity contribution >= 4 is 39.5 Å². The molecule has 1 atom stereocenters. The molecule has 0 saturated heterocycles. The molecule has 0 spiro atoms. The number of phenolic OH excluding ortho intramolecular Hbond substituents is 1. The molecule has 2 aromatic rings. The van der Waals surface area contributed by atoms with Gasteiger partial charge < -0.3 is 15.7 Å². The third kappa shape index (κ3) is 5.78. The Hall–Kier alpha value is -1.99. The predicted molar refractivity (Wildman–Crippen MR) is 108 cm³/mol. The van der Waals surface area contributed by atoms with E-state index < -0.39 is 6.04 Å². The van der Waals surface area contributed by atoms with Gasteiger partial charge in [-0.25, -0.2) is 0 Å². The smallest absolute Gasteiger partial charge is 0.253 e. The van der Waals surface area contributed by atoms with Gasteiger partial charge in [-0.1, -0.05) is 30.3 Å². The summed E-state index contributed by atoms with van der Waals surface area (Å²) in [7, 11) is 0. The second-order valence-electron chi connectivity index (χ2n) is 5.63. The zero-order valence-electron chi connectivity index (χ0n) is 14.4. The summed E-state index contributed by atoms with van der Waals surface area (Å²) < 4.78 is 0.677. The average Bonchev–Trinajstić information content (AvgIpc) is 2.64. The second-order valence-corrected chi connectivity index (χ2v) is 7.47. The number of halogens is 1. The maximum Gasteiger partial charge on any atom is 0.253 e. The Labute approximate surface area is 165 Å². The van der Waals surface area contributed by atoms with Crippen molar-refractivity contribution in [3.8, 4) is 5.75 Å². The SMILES string of the molecule is CSCCC(NC(=O)c1ccccc1Br)C(=O)NCc1ccccc1O. The van der Waals surface area contributed by atoms with Gasteiger partial charge in [0.1, 0.15) is 11.8 Å². The summed E-state index contributed by atoms with van der Waals surface area (Å²) in [6, 6.07) is 13.3. The predicted octanol–water partition coefficient (Wildman–Crippen LogP) is 3.32. The highest BCUT2D eigenvalue weighted by Gasteiger charge is 2.22. The summed E-state index contributed by atoms with van der Waals surface area (Å²) in [6.45, 7) is 0.201. The minimum atomic E-state index is -0.645. The van der Waals surface area contributed by atoms with Crippen molar-refractivity contribution in [2.24, 2.45) is 0 Å². The van der Waals surface area contributed by atoms with E-state index in [1.165, 1.54) is 0 Å². The molecular weight excluding hydrogens is 416 g/mol. The molecule has 0 saturated carbocycles. The Morgan fingerprint density at radius 2 is 1.85 bits per heavy atom. The molecule has 0 aromatic heterocycles. The zero-order chi connectivity index (χ0) is 18.9. The van der Waals surface area contributed by atoms with Crippen LogP contribution >= 0.6 is 27.7 Å². The summed E-state index contributed by atoms with van der Waals surface area (Å²) in [5, 5.41) is 15.4. The van der Waals surface area contributed by atoms with Crippen molar-refractivity contribution in [2.75, 3.05) is 12.0 Å². The second kappa shape index (κ2) is 10.2. The van der Waals surface area contributed by atoms with Crippen LogP contribution in [0.2, 0.25) is 0 Å². The van der Waals surface area contributed by atoms with Crippen LogP contribution in [0.5, 0.6) is 5.75 Å². The molecule has 0 aliphatic carbocycles. The fourth-order valence-corrected chi connectivity index (χ4v) is 3.29. The van der Waals surface area contributed by atoms with Gasteiger partial charge >= 0.3 is 0 Å². The molecule has 0 aliphatic rings.